The number of aromatic nitrogens is 4. The third-order valence-electron chi connectivity index (χ3n) is 12.6. The molecule has 0 fully saturated rings. The second-order valence-electron chi connectivity index (χ2n) is 19.4. The molecule has 7 heteroatoms. The number of pyridine rings is 1. The number of nitrogens with zero attached hydrogens (tertiary/aromatic N) is 4. The average Bonchev–Trinajstić information content (AvgIpc) is 4.14. The molecule has 1 aliphatic heterocycles. The molecule has 348 valence electrons. The maximum atomic E-state index is 9.62. The number of hydrogen-bond acceptors (Lipinski definition) is 3. The van der Waals surface area contributed by atoms with E-state index < -0.39 is 17.7 Å². The first-order chi connectivity index (χ1) is 37.5. The van der Waals surface area contributed by atoms with Crippen LogP contribution in [0.3, 0.4) is 0 Å². The Morgan fingerprint density at radius 3 is 2.09 bits per heavy atom. The van der Waals surface area contributed by atoms with Crippen molar-refractivity contribution in [3.8, 4) is 22.5 Å². The fourth-order valence-corrected chi connectivity index (χ4v) is 9.06. The average molecular weight is 1100 g/mol. The normalized spacial score (nSPS) is 14.3. The molecule has 0 aliphatic carbocycles. The van der Waals surface area contributed by atoms with Gasteiger partial charge >= 0.3 is 0 Å². The minimum atomic E-state index is -2.65. The monoisotopic (exact) mass is 1100 g/mol. The van der Waals surface area contributed by atoms with Crippen molar-refractivity contribution in [3.05, 3.63) is 211 Å². The van der Waals surface area contributed by atoms with Crippen molar-refractivity contribution < 1.29 is 43.6 Å². The Kier molecular flexibility index (Phi) is 8.50. The van der Waals surface area contributed by atoms with E-state index in [-0.39, 0.29) is 91.2 Å². The number of benzene rings is 8. The van der Waals surface area contributed by atoms with Gasteiger partial charge in [-0.3, -0.25) is 0 Å². The first-order valence-corrected chi connectivity index (χ1v) is 22.9. The molecular weight excluding hydrogens is 1040 g/mol. The Morgan fingerprint density at radius 2 is 1.31 bits per heavy atom. The van der Waals surface area contributed by atoms with E-state index in [0.29, 0.717) is 82.3 Å². The molecule has 0 atom stereocenters. The van der Waals surface area contributed by atoms with E-state index in [1.54, 1.807) is 46.9 Å². The molecule has 0 amide bonds. The van der Waals surface area contributed by atoms with Crippen molar-refractivity contribution in [3.63, 3.8) is 0 Å². The Morgan fingerprint density at radius 1 is 0.614 bits per heavy atom. The van der Waals surface area contributed by atoms with Crippen LogP contribution < -0.4 is 0 Å². The van der Waals surface area contributed by atoms with Crippen molar-refractivity contribution >= 4 is 82.4 Å². The molecule has 0 saturated heterocycles. The van der Waals surface area contributed by atoms with Crippen LogP contribution in [0.5, 0.6) is 0 Å². The molecule has 8 aromatic carbocycles. The van der Waals surface area contributed by atoms with E-state index in [9.17, 15) is 9.60 Å². The summed E-state index contributed by atoms with van der Waals surface area (Å²) in [6.45, 7) is 8.71. The van der Waals surface area contributed by atoms with Crippen LogP contribution in [0.2, 0.25) is 0 Å². The van der Waals surface area contributed by atoms with Crippen LogP contribution in [-0.2, 0) is 31.9 Å². The molecule has 6 heterocycles. The largest absolute Gasteiger partial charge is 0.510 e. The zero-order valence-electron chi connectivity index (χ0n) is 49.2. The number of rotatable bonds is 1. The van der Waals surface area contributed by atoms with Crippen LogP contribution in [0.25, 0.3) is 105 Å². The Bertz CT molecular complexity index is 4680. The topological polar surface area (TPSA) is 53.4 Å². The van der Waals surface area contributed by atoms with Gasteiger partial charge in [0.2, 0.25) is 0 Å². The van der Waals surface area contributed by atoms with Crippen LogP contribution in [0.1, 0.15) is 71.9 Å². The zero-order valence-corrected chi connectivity index (χ0v) is 41.5. The maximum absolute atomic E-state index is 9.62. The molecule has 1 aliphatic rings. The van der Waals surface area contributed by atoms with Crippen LogP contribution in [-0.4, -0.2) is 18.5 Å². The van der Waals surface area contributed by atoms with Gasteiger partial charge in [-0.1, -0.05) is 156 Å². The third kappa shape index (κ3) is 7.81. The van der Waals surface area contributed by atoms with Gasteiger partial charge in [0, 0.05) is 65.2 Å². The van der Waals surface area contributed by atoms with Crippen molar-refractivity contribution in [2.75, 3.05) is 0 Å². The Balaban J connectivity index is 0.00000675. The molecule has 10 bridgehead atoms. The summed E-state index contributed by atoms with van der Waals surface area (Å²) in [4.78, 5) is 4.89. The maximum Gasteiger partial charge on any atom is 0.135 e. The molecule has 0 saturated carbocycles. The van der Waals surface area contributed by atoms with Gasteiger partial charge in [-0.05, 0) is 109 Å². The smallest absolute Gasteiger partial charge is 0.135 e. The van der Waals surface area contributed by atoms with Gasteiger partial charge in [-0.15, -0.1) is 29.1 Å². The van der Waals surface area contributed by atoms with Crippen LogP contribution in [0, 0.1) is 19.0 Å². The van der Waals surface area contributed by atoms with E-state index in [4.69, 9.17) is 17.9 Å². The molecule has 0 spiro atoms. The molecule has 14 rings (SSSR count). The quantitative estimate of drug-likeness (QED) is 0.154. The van der Waals surface area contributed by atoms with Crippen LogP contribution >= 0.6 is 0 Å². The van der Waals surface area contributed by atoms with Gasteiger partial charge in [0.05, 0.1) is 9.60 Å². The third-order valence-corrected chi connectivity index (χ3v) is 12.6. The van der Waals surface area contributed by atoms with E-state index in [1.807, 2.05) is 136 Å². The van der Waals surface area contributed by atoms with Gasteiger partial charge in [0.1, 0.15) is 16.8 Å². The van der Waals surface area contributed by atoms with E-state index in [1.165, 1.54) is 12.3 Å². The van der Waals surface area contributed by atoms with Crippen molar-refractivity contribution in [1.29, 1.82) is 0 Å². The van der Waals surface area contributed by atoms with E-state index >= 15 is 0 Å². The van der Waals surface area contributed by atoms with Crippen molar-refractivity contribution in [2.45, 2.75) is 59.2 Å². The standard InChI is InChI=1S/C63H51N4O2.Pt/c1-40-34-60-64-38-54(40)42-24-29-46(30-25-42)69-59-21-11-8-16-51(59)52-18-13-17-49(41-22-26-43(27-23-41)62(2,3)4)61(52)66-39-65(56-19-9-10-20-57(56)66)45-14-12-15-47(36-45)68-48-31-32-50-53-35-44(63(5,6)7)28-33-55(53)67(60)58(50)37-48;/h8-35,38-39H,1-7H3;/q-3;/i1D3,22D,23D,26D,27D,28D,33D,35D;. The molecule has 0 unspecified atom stereocenters. The number of hydrogen-bond donors (Lipinski definition) is 0. The summed E-state index contributed by atoms with van der Waals surface area (Å²) in [7, 11) is 0. The fraction of sp³-hybridized carbons (Fsp3) is 0.143. The summed E-state index contributed by atoms with van der Waals surface area (Å²) in [5.41, 5.74) is 4.74. The van der Waals surface area contributed by atoms with Crippen LogP contribution in [0.4, 0.5) is 0 Å². The SMILES string of the molecule is [2H]c1c([2H])c(C(C)(C)C)c([2H])c([2H])c1-c1cccc2c3ccccc3oc3ccc(cc3)c3cnc(cc3C([2H])([2H])[2H])n3c4[c-]c(ccc4c4c([2H])c(C(C)(C)C)c([2H])c([2H])c43)oc3[c-]c(ccc3)n3[cH-]n(c12)-c1ccccc1-3.[Pt]. The zero-order chi connectivity index (χ0) is 55.8. The minimum Gasteiger partial charge on any atom is -0.510 e. The number of aryl methyl sites for hydroxylation is 1. The van der Waals surface area contributed by atoms with Gasteiger partial charge in [-0.2, -0.15) is 24.3 Å². The molecule has 70 heavy (non-hydrogen) atoms. The molecule has 6 nitrogen and oxygen atoms in total. The minimum absolute atomic E-state index is 0. The summed E-state index contributed by atoms with van der Waals surface area (Å²) in [5.74, 6) is 0. The van der Waals surface area contributed by atoms with E-state index in [0.717, 1.165) is 11.4 Å². The van der Waals surface area contributed by atoms with Crippen molar-refractivity contribution in [1.82, 2.24) is 18.5 Å². The summed E-state index contributed by atoms with van der Waals surface area (Å²) in [6, 6.07) is 44.5. The van der Waals surface area contributed by atoms with E-state index in [2.05, 4.69) is 12.1 Å². The second-order valence-corrected chi connectivity index (χ2v) is 19.4. The summed E-state index contributed by atoms with van der Waals surface area (Å²) < 4.78 is 112. The molecule has 13 aromatic rings. The Hall–Kier alpha value is -7.53. The first kappa shape index (κ1) is 34.7. The van der Waals surface area contributed by atoms with Crippen LogP contribution in [0.15, 0.2) is 191 Å². The van der Waals surface area contributed by atoms with Crippen molar-refractivity contribution in [2.24, 2.45) is 0 Å². The summed E-state index contributed by atoms with van der Waals surface area (Å²) in [6.07, 6.45) is 3.40. The van der Waals surface area contributed by atoms with Gasteiger partial charge in [0.25, 0.3) is 0 Å². The molecular formula is C63H51N4O2Pt-3. The fourth-order valence-electron chi connectivity index (χ4n) is 9.06. The predicted octanol–water partition coefficient (Wildman–Crippen LogP) is 16.9. The van der Waals surface area contributed by atoms with Gasteiger partial charge < -0.3 is 22.4 Å². The number of imidazole rings is 1. The molecule has 0 N–H and O–H groups in total. The number of para-hydroxylation sites is 4. The molecule has 0 radical (unpaired) electrons. The predicted molar refractivity (Wildman–Crippen MR) is 286 cm³/mol. The molecule has 5 aromatic heterocycles. The summed E-state index contributed by atoms with van der Waals surface area (Å²) >= 11 is 0. The van der Waals surface area contributed by atoms with Gasteiger partial charge in [0.15, 0.2) is 0 Å². The number of fused-ring (bicyclic) bond motifs is 5. The summed E-state index contributed by atoms with van der Waals surface area (Å²) in [5, 5.41) is 3.11. The Labute approximate surface area is 435 Å². The second kappa shape index (κ2) is 17.2. The first-order valence-electron chi connectivity index (χ1n) is 27.9. The van der Waals surface area contributed by atoms with Gasteiger partial charge in [-0.25, -0.2) is 4.98 Å².